The maximum absolute atomic E-state index is 5.75. The topological polar surface area (TPSA) is 36.9 Å². The van der Waals surface area contributed by atoms with Crippen molar-refractivity contribution in [3.8, 4) is 5.75 Å². The van der Waals surface area contributed by atoms with Crippen molar-refractivity contribution in [3.63, 3.8) is 0 Å². The quantitative estimate of drug-likeness (QED) is 0.590. The molecule has 0 fully saturated rings. The zero-order valence-electron chi connectivity index (χ0n) is 14.3. The van der Waals surface area contributed by atoms with E-state index < -0.39 is 0 Å². The standard InChI is InChI=1S/C18H30O4/c1-5-11-19-15(2)12-20-16(3)13-21-17(4)14-22-18-9-7-6-8-10-18/h6-10,15-17H,5,11-14H2,1-4H3. The molecule has 22 heavy (non-hydrogen) atoms. The van der Waals surface area contributed by atoms with Crippen molar-refractivity contribution in [3.05, 3.63) is 30.3 Å². The molecule has 1 aromatic carbocycles. The van der Waals surface area contributed by atoms with Crippen molar-refractivity contribution in [2.45, 2.75) is 52.4 Å². The second-order valence-corrected chi connectivity index (χ2v) is 5.59. The Kier molecular flexibility index (Phi) is 9.87. The van der Waals surface area contributed by atoms with Crippen molar-refractivity contribution < 1.29 is 18.9 Å². The number of para-hydroxylation sites is 1. The molecule has 4 heteroatoms. The van der Waals surface area contributed by atoms with E-state index in [1.165, 1.54) is 0 Å². The summed E-state index contributed by atoms with van der Waals surface area (Å²) in [5, 5.41) is 0. The Bertz CT molecular complexity index is 369. The molecule has 0 amide bonds. The van der Waals surface area contributed by atoms with Crippen LogP contribution in [0.25, 0.3) is 0 Å². The first-order valence-corrected chi connectivity index (χ1v) is 8.14. The Balaban J connectivity index is 2.08. The zero-order chi connectivity index (χ0) is 16.2. The highest BCUT2D eigenvalue weighted by atomic mass is 16.6. The molecule has 0 bridgehead atoms. The molecule has 1 rings (SSSR count). The summed E-state index contributed by atoms with van der Waals surface area (Å²) in [5.41, 5.74) is 0. The van der Waals surface area contributed by atoms with E-state index in [1.807, 2.05) is 51.1 Å². The van der Waals surface area contributed by atoms with Crippen LogP contribution >= 0.6 is 0 Å². The number of rotatable bonds is 12. The summed E-state index contributed by atoms with van der Waals surface area (Å²) in [5.74, 6) is 0.865. The van der Waals surface area contributed by atoms with Crippen LogP contribution in [0, 0.1) is 0 Å². The maximum Gasteiger partial charge on any atom is 0.119 e. The second kappa shape index (κ2) is 11.5. The van der Waals surface area contributed by atoms with Crippen LogP contribution in [-0.2, 0) is 14.2 Å². The molecule has 126 valence electrons. The molecule has 0 aliphatic heterocycles. The van der Waals surface area contributed by atoms with Gasteiger partial charge in [0, 0.05) is 6.61 Å². The first-order valence-electron chi connectivity index (χ1n) is 8.14. The van der Waals surface area contributed by atoms with Crippen LogP contribution in [0.3, 0.4) is 0 Å². The first kappa shape index (κ1) is 18.9. The molecule has 3 atom stereocenters. The molecule has 0 spiro atoms. The Morgan fingerprint density at radius 3 is 1.91 bits per heavy atom. The van der Waals surface area contributed by atoms with Gasteiger partial charge in [-0.3, -0.25) is 0 Å². The van der Waals surface area contributed by atoms with Crippen LogP contribution in [0.15, 0.2) is 30.3 Å². The Labute approximate surface area is 134 Å². The average molecular weight is 310 g/mol. The van der Waals surface area contributed by atoms with Gasteiger partial charge in [-0.1, -0.05) is 25.1 Å². The maximum atomic E-state index is 5.75. The van der Waals surface area contributed by atoms with Gasteiger partial charge >= 0.3 is 0 Å². The third-order valence-electron chi connectivity index (χ3n) is 3.07. The van der Waals surface area contributed by atoms with Crippen molar-refractivity contribution >= 4 is 0 Å². The van der Waals surface area contributed by atoms with E-state index in [9.17, 15) is 0 Å². The molecule has 0 aliphatic rings. The summed E-state index contributed by atoms with van der Waals surface area (Å²) in [4.78, 5) is 0. The summed E-state index contributed by atoms with van der Waals surface area (Å²) in [6.45, 7) is 10.6. The fourth-order valence-corrected chi connectivity index (χ4v) is 1.79. The van der Waals surface area contributed by atoms with Crippen LogP contribution in [-0.4, -0.2) is 44.7 Å². The van der Waals surface area contributed by atoms with Crippen molar-refractivity contribution in [2.24, 2.45) is 0 Å². The van der Waals surface area contributed by atoms with Crippen LogP contribution < -0.4 is 4.74 Å². The van der Waals surface area contributed by atoms with Crippen molar-refractivity contribution in [1.82, 2.24) is 0 Å². The molecule has 0 saturated heterocycles. The van der Waals surface area contributed by atoms with E-state index in [-0.39, 0.29) is 18.3 Å². The fraction of sp³-hybridized carbons (Fsp3) is 0.667. The van der Waals surface area contributed by atoms with Gasteiger partial charge in [-0.25, -0.2) is 0 Å². The van der Waals surface area contributed by atoms with E-state index in [0.717, 1.165) is 18.8 Å². The Morgan fingerprint density at radius 2 is 1.32 bits per heavy atom. The normalized spacial score (nSPS) is 15.3. The predicted octanol–water partition coefficient (Wildman–Crippen LogP) is 3.69. The third-order valence-corrected chi connectivity index (χ3v) is 3.07. The SMILES string of the molecule is CCCOC(C)COC(C)COC(C)COc1ccccc1. The second-order valence-electron chi connectivity index (χ2n) is 5.59. The van der Waals surface area contributed by atoms with Crippen LogP contribution in [0.2, 0.25) is 0 Å². The lowest BCUT2D eigenvalue weighted by Gasteiger charge is -2.20. The van der Waals surface area contributed by atoms with Gasteiger partial charge in [-0.05, 0) is 39.3 Å². The van der Waals surface area contributed by atoms with Gasteiger partial charge in [-0.15, -0.1) is 0 Å². The third kappa shape index (κ3) is 9.03. The molecule has 0 N–H and O–H groups in total. The highest BCUT2D eigenvalue weighted by Gasteiger charge is 2.10. The van der Waals surface area contributed by atoms with Gasteiger partial charge in [0.1, 0.15) is 12.4 Å². The van der Waals surface area contributed by atoms with E-state index >= 15 is 0 Å². The smallest absolute Gasteiger partial charge is 0.119 e. The molecule has 4 nitrogen and oxygen atoms in total. The predicted molar refractivity (Wildman–Crippen MR) is 88.5 cm³/mol. The molecule has 0 aliphatic carbocycles. The van der Waals surface area contributed by atoms with Gasteiger partial charge in [0.25, 0.3) is 0 Å². The lowest BCUT2D eigenvalue weighted by molar-refractivity contribution is -0.0727. The molecular weight excluding hydrogens is 280 g/mol. The number of hydrogen-bond acceptors (Lipinski definition) is 4. The molecule has 0 aromatic heterocycles. The van der Waals surface area contributed by atoms with Gasteiger partial charge in [-0.2, -0.15) is 0 Å². The lowest BCUT2D eigenvalue weighted by Crippen LogP contribution is -2.27. The Hall–Kier alpha value is -1.10. The van der Waals surface area contributed by atoms with E-state index in [1.54, 1.807) is 0 Å². The van der Waals surface area contributed by atoms with Crippen molar-refractivity contribution in [1.29, 1.82) is 0 Å². The molecule has 3 unspecified atom stereocenters. The molecule has 0 heterocycles. The van der Waals surface area contributed by atoms with Gasteiger partial charge < -0.3 is 18.9 Å². The monoisotopic (exact) mass is 310 g/mol. The van der Waals surface area contributed by atoms with E-state index in [2.05, 4.69) is 6.92 Å². The zero-order valence-corrected chi connectivity index (χ0v) is 14.3. The highest BCUT2D eigenvalue weighted by Crippen LogP contribution is 2.09. The number of ether oxygens (including phenoxy) is 4. The van der Waals surface area contributed by atoms with Crippen LogP contribution in [0.5, 0.6) is 5.75 Å². The fourth-order valence-electron chi connectivity index (χ4n) is 1.79. The Morgan fingerprint density at radius 1 is 0.773 bits per heavy atom. The van der Waals surface area contributed by atoms with Crippen LogP contribution in [0.4, 0.5) is 0 Å². The van der Waals surface area contributed by atoms with Gasteiger partial charge in [0.15, 0.2) is 0 Å². The molecular formula is C18H30O4. The lowest BCUT2D eigenvalue weighted by atomic mass is 10.3. The summed E-state index contributed by atoms with van der Waals surface area (Å²) < 4.78 is 22.7. The highest BCUT2D eigenvalue weighted by molar-refractivity contribution is 5.20. The van der Waals surface area contributed by atoms with Gasteiger partial charge in [0.05, 0.1) is 31.5 Å². The van der Waals surface area contributed by atoms with E-state index in [4.69, 9.17) is 18.9 Å². The van der Waals surface area contributed by atoms with Gasteiger partial charge in [0.2, 0.25) is 0 Å². The molecule has 0 saturated carbocycles. The minimum atomic E-state index is 0.0278. The summed E-state index contributed by atoms with van der Waals surface area (Å²) in [6, 6.07) is 9.76. The summed E-state index contributed by atoms with van der Waals surface area (Å²) in [7, 11) is 0. The van der Waals surface area contributed by atoms with Crippen LogP contribution in [0.1, 0.15) is 34.1 Å². The number of benzene rings is 1. The van der Waals surface area contributed by atoms with E-state index in [0.29, 0.717) is 19.8 Å². The minimum absolute atomic E-state index is 0.0278. The summed E-state index contributed by atoms with van der Waals surface area (Å²) in [6.07, 6.45) is 1.23. The number of hydrogen-bond donors (Lipinski definition) is 0. The first-order chi connectivity index (χ1) is 10.6. The molecule has 0 radical (unpaired) electrons. The average Bonchev–Trinajstić information content (AvgIpc) is 2.55. The molecule has 1 aromatic rings. The van der Waals surface area contributed by atoms with Crippen molar-refractivity contribution in [2.75, 3.05) is 26.4 Å². The largest absolute Gasteiger partial charge is 0.491 e. The summed E-state index contributed by atoms with van der Waals surface area (Å²) >= 11 is 0. The minimum Gasteiger partial charge on any atom is -0.491 e.